The average molecular weight is 398 g/mol. The Kier molecular flexibility index (Phi) is 6.18. The number of hydrogen-bond donors (Lipinski definition) is 4. The van der Waals surface area contributed by atoms with Crippen molar-refractivity contribution in [1.82, 2.24) is 9.97 Å². The number of rotatable bonds is 6. The highest BCUT2D eigenvalue weighted by atomic mass is 19.1. The van der Waals surface area contributed by atoms with Crippen LogP contribution in [0.2, 0.25) is 0 Å². The van der Waals surface area contributed by atoms with Gasteiger partial charge in [-0.15, -0.1) is 0 Å². The summed E-state index contributed by atoms with van der Waals surface area (Å²) in [5.41, 5.74) is 2.12. The summed E-state index contributed by atoms with van der Waals surface area (Å²) in [6, 6.07) is 10.9. The van der Waals surface area contributed by atoms with E-state index in [9.17, 15) is 13.6 Å². The van der Waals surface area contributed by atoms with Crippen LogP contribution in [0.4, 0.5) is 42.4 Å². The Bertz CT molecular complexity index is 990. The molecule has 0 unspecified atom stereocenters. The zero-order valence-electron chi connectivity index (χ0n) is 15.9. The number of benzene rings is 2. The van der Waals surface area contributed by atoms with Crippen LogP contribution in [-0.2, 0) is 0 Å². The lowest BCUT2D eigenvalue weighted by molar-refractivity contribution is 0.262. The molecule has 1 aromatic heterocycles. The van der Waals surface area contributed by atoms with Crippen LogP contribution in [0.15, 0.2) is 48.5 Å². The van der Waals surface area contributed by atoms with Crippen LogP contribution < -0.4 is 21.3 Å². The second-order valence-electron chi connectivity index (χ2n) is 6.19. The molecule has 0 saturated carbocycles. The second kappa shape index (κ2) is 8.96. The average Bonchev–Trinajstić information content (AvgIpc) is 2.62. The van der Waals surface area contributed by atoms with E-state index in [-0.39, 0.29) is 5.69 Å². The molecule has 2 amide bonds. The molecule has 0 aliphatic heterocycles. The first-order valence-corrected chi connectivity index (χ1v) is 8.92. The summed E-state index contributed by atoms with van der Waals surface area (Å²) in [6.07, 6.45) is 0. The molecule has 0 atom stereocenters. The Morgan fingerprint density at radius 3 is 2.17 bits per heavy atom. The molecular formula is C20H20F2N6O. The molecule has 150 valence electrons. The van der Waals surface area contributed by atoms with Crippen LogP contribution in [0.1, 0.15) is 12.6 Å². The number of carbonyl (C=O) groups is 1. The number of aromatic nitrogens is 2. The third-order valence-electron chi connectivity index (χ3n) is 3.72. The Morgan fingerprint density at radius 1 is 0.897 bits per heavy atom. The first-order chi connectivity index (χ1) is 13.9. The van der Waals surface area contributed by atoms with Gasteiger partial charge < -0.3 is 21.3 Å². The molecule has 0 spiro atoms. The largest absolute Gasteiger partial charge is 0.354 e. The minimum atomic E-state index is -0.770. The first-order valence-electron chi connectivity index (χ1n) is 8.92. The van der Waals surface area contributed by atoms with Gasteiger partial charge in [-0.25, -0.2) is 18.6 Å². The minimum Gasteiger partial charge on any atom is -0.354 e. The van der Waals surface area contributed by atoms with Crippen molar-refractivity contribution in [3.63, 3.8) is 0 Å². The van der Waals surface area contributed by atoms with Crippen LogP contribution in [0.5, 0.6) is 0 Å². The van der Waals surface area contributed by atoms with E-state index in [1.165, 1.54) is 0 Å². The molecular weight excluding hydrogens is 378 g/mol. The lowest BCUT2D eigenvalue weighted by atomic mass is 10.2. The highest BCUT2D eigenvalue weighted by Crippen LogP contribution is 2.20. The molecule has 0 fully saturated rings. The van der Waals surface area contributed by atoms with Gasteiger partial charge in [-0.3, -0.25) is 0 Å². The van der Waals surface area contributed by atoms with E-state index in [1.807, 2.05) is 19.9 Å². The summed E-state index contributed by atoms with van der Waals surface area (Å²) in [5.74, 6) is -0.361. The molecule has 7 nitrogen and oxygen atoms in total. The molecule has 29 heavy (non-hydrogen) atoms. The van der Waals surface area contributed by atoms with Gasteiger partial charge in [0.05, 0.1) is 0 Å². The van der Waals surface area contributed by atoms with E-state index in [0.717, 1.165) is 29.6 Å². The van der Waals surface area contributed by atoms with Crippen LogP contribution >= 0.6 is 0 Å². The van der Waals surface area contributed by atoms with E-state index in [1.54, 1.807) is 24.3 Å². The smallest absolute Gasteiger partial charge is 0.323 e. The monoisotopic (exact) mass is 398 g/mol. The number of nitrogens with one attached hydrogen (secondary N) is 4. The standard InChI is InChI=1S/C20H20F2N6O/c1-3-23-19-24-12(2)8-18(28-19)25-15-4-6-16(7-5-15)26-20(29)27-17-10-13(21)9-14(22)11-17/h4-11H,3H2,1-2H3,(H2,26,27,29)(H2,23,24,25,28). The van der Waals surface area contributed by atoms with Gasteiger partial charge in [0.15, 0.2) is 0 Å². The maximum Gasteiger partial charge on any atom is 0.323 e. The summed E-state index contributed by atoms with van der Waals surface area (Å²) < 4.78 is 26.4. The number of halogens is 2. The van der Waals surface area contributed by atoms with E-state index >= 15 is 0 Å². The number of carbonyl (C=O) groups excluding carboxylic acids is 1. The number of hydrogen-bond acceptors (Lipinski definition) is 5. The van der Waals surface area contributed by atoms with Gasteiger partial charge in [0.1, 0.15) is 17.5 Å². The Morgan fingerprint density at radius 2 is 1.52 bits per heavy atom. The van der Waals surface area contributed by atoms with Gasteiger partial charge in [-0.05, 0) is 50.2 Å². The maximum absolute atomic E-state index is 13.2. The Labute approximate surface area is 166 Å². The quantitative estimate of drug-likeness (QED) is 0.475. The van der Waals surface area contributed by atoms with E-state index < -0.39 is 17.7 Å². The number of nitrogens with zero attached hydrogens (tertiary/aromatic N) is 2. The predicted molar refractivity (Wildman–Crippen MR) is 110 cm³/mol. The molecule has 3 aromatic rings. The highest BCUT2D eigenvalue weighted by Gasteiger charge is 2.07. The summed E-state index contributed by atoms with van der Waals surface area (Å²) in [6.45, 7) is 4.56. The van der Waals surface area contributed by atoms with Crippen molar-refractivity contribution in [3.8, 4) is 0 Å². The van der Waals surface area contributed by atoms with Crippen molar-refractivity contribution in [3.05, 3.63) is 65.9 Å². The number of urea groups is 1. The zero-order valence-corrected chi connectivity index (χ0v) is 15.9. The number of amides is 2. The van der Waals surface area contributed by atoms with E-state index in [4.69, 9.17) is 0 Å². The van der Waals surface area contributed by atoms with Crippen molar-refractivity contribution < 1.29 is 13.6 Å². The molecule has 0 radical (unpaired) electrons. The lowest BCUT2D eigenvalue weighted by Crippen LogP contribution is -2.19. The topological polar surface area (TPSA) is 91.0 Å². The molecule has 0 saturated heterocycles. The summed E-state index contributed by atoms with van der Waals surface area (Å²) >= 11 is 0. The van der Waals surface area contributed by atoms with Gasteiger partial charge in [-0.1, -0.05) is 0 Å². The molecule has 4 N–H and O–H groups in total. The van der Waals surface area contributed by atoms with E-state index in [0.29, 0.717) is 24.0 Å². The van der Waals surface area contributed by atoms with Crippen molar-refractivity contribution in [1.29, 1.82) is 0 Å². The van der Waals surface area contributed by atoms with Gasteiger partial charge >= 0.3 is 6.03 Å². The summed E-state index contributed by atoms with van der Waals surface area (Å²) in [4.78, 5) is 20.7. The van der Waals surface area contributed by atoms with Crippen LogP contribution in [0.3, 0.4) is 0 Å². The fourth-order valence-electron chi connectivity index (χ4n) is 2.57. The van der Waals surface area contributed by atoms with Gasteiger partial charge in [0.2, 0.25) is 5.95 Å². The molecule has 2 aromatic carbocycles. The second-order valence-corrected chi connectivity index (χ2v) is 6.19. The first kappa shape index (κ1) is 20.0. The molecule has 0 aliphatic rings. The fourth-order valence-corrected chi connectivity index (χ4v) is 2.57. The van der Waals surface area contributed by atoms with Gasteiger partial charge in [-0.2, -0.15) is 4.98 Å². The number of anilines is 5. The van der Waals surface area contributed by atoms with Crippen molar-refractivity contribution in [2.75, 3.05) is 27.8 Å². The van der Waals surface area contributed by atoms with Crippen molar-refractivity contribution in [2.45, 2.75) is 13.8 Å². The van der Waals surface area contributed by atoms with Crippen molar-refractivity contribution in [2.24, 2.45) is 0 Å². The Hall–Kier alpha value is -3.75. The molecule has 1 heterocycles. The van der Waals surface area contributed by atoms with Crippen LogP contribution in [0.25, 0.3) is 0 Å². The highest BCUT2D eigenvalue weighted by molar-refractivity contribution is 5.99. The van der Waals surface area contributed by atoms with Crippen LogP contribution in [0, 0.1) is 18.6 Å². The zero-order chi connectivity index (χ0) is 20.8. The van der Waals surface area contributed by atoms with Gasteiger partial charge in [0, 0.05) is 41.4 Å². The SMILES string of the molecule is CCNc1nc(C)cc(Nc2ccc(NC(=O)Nc3cc(F)cc(F)c3)cc2)n1. The molecule has 3 rings (SSSR count). The third-order valence-corrected chi connectivity index (χ3v) is 3.72. The normalized spacial score (nSPS) is 10.3. The predicted octanol–water partition coefficient (Wildman–Crippen LogP) is 4.88. The fraction of sp³-hybridized carbons (Fsp3) is 0.150. The van der Waals surface area contributed by atoms with Gasteiger partial charge in [0.25, 0.3) is 0 Å². The molecule has 9 heteroatoms. The van der Waals surface area contributed by atoms with Crippen LogP contribution in [-0.4, -0.2) is 22.5 Å². The molecule has 0 bridgehead atoms. The van der Waals surface area contributed by atoms with E-state index in [2.05, 4.69) is 31.2 Å². The maximum atomic E-state index is 13.2. The Balaban J connectivity index is 1.62. The summed E-state index contributed by atoms with van der Waals surface area (Å²) in [7, 11) is 0. The number of aryl methyl sites for hydroxylation is 1. The molecule has 0 aliphatic carbocycles. The lowest BCUT2D eigenvalue weighted by Gasteiger charge is -2.11. The van der Waals surface area contributed by atoms with Crippen molar-refractivity contribution >= 4 is 34.9 Å². The summed E-state index contributed by atoms with van der Waals surface area (Å²) in [5, 5.41) is 11.2. The minimum absolute atomic E-state index is 0.0221. The third kappa shape index (κ3) is 5.86.